The number of carbonyl (C=O) groups excluding carboxylic acids is 2. The zero-order valence-corrected chi connectivity index (χ0v) is 17.9. The third-order valence-corrected chi connectivity index (χ3v) is 4.76. The second-order valence-corrected chi connectivity index (χ2v) is 7.96. The van der Waals surface area contributed by atoms with Crippen LogP contribution >= 0.6 is 0 Å². The Morgan fingerprint density at radius 1 is 1.11 bits per heavy atom. The summed E-state index contributed by atoms with van der Waals surface area (Å²) in [6, 6.07) is 10.1. The number of fused-ring (bicyclic) bond motifs is 1. The lowest BCUT2D eigenvalue weighted by Crippen LogP contribution is -2.46. The number of methoxy groups -OCH3 is 2. The number of ether oxygens (including phenoxy) is 3. The van der Waals surface area contributed by atoms with E-state index in [0.717, 1.165) is 38.8 Å². The lowest BCUT2D eigenvalue weighted by atomic mass is 9.94. The Bertz CT molecular complexity index is 572. The van der Waals surface area contributed by atoms with E-state index in [1.165, 1.54) is 12.7 Å². The number of hydrogen-bond donors (Lipinski definition) is 0. The summed E-state index contributed by atoms with van der Waals surface area (Å²) in [6.07, 6.45) is 4.30. The molecular weight excluding hydrogens is 358 g/mol. The van der Waals surface area contributed by atoms with Crippen molar-refractivity contribution < 1.29 is 23.8 Å². The lowest BCUT2D eigenvalue weighted by Gasteiger charge is -2.28. The monoisotopic (exact) mass is 393 g/mol. The fourth-order valence-corrected chi connectivity index (χ4v) is 3.51. The van der Waals surface area contributed by atoms with Crippen LogP contribution in [-0.2, 0) is 30.4 Å². The van der Waals surface area contributed by atoms with Crippen molar-refractivity contribution in [2.45, 2.75) is 64.2 Å². The molecule has 0 aliphatic carbocycles. The average Bonchev–Trinajstić information content (AvgIpc) is 3.23. The van der Waals surface area contributed by atoms with Gasteiger partial charge in [-0.1, -0.05) is 30.3 Å². The van der Waals surface area contributed by atoms with Gasteiger partial charge in [0.1, 0.15) is 11.1 Å². The molecule has 6 heteroatoms. The van der Waals surface area contributed by atoms with E-state index >= 15 is 0 Å². The zero-order valence-electron chi connectivity index (χ0n) is 17.9. The molecule has 0 saturated carbocycles. The van der Waals surface area contributed by atoms with Crippen molar-refractivity contribution in [1.29, 1.82) is 0 Å². The minimum absolute atomic E-state index is 0.0162. The van der Waals surface area contributed by atoms with Gasteiger partial charge in [-0.05, 0) is 65.1 Å². The van der Waals surface area contributed by atoms with Crippen molar-refractivity contribution in [3.63, 3.8) is 0 Å². The summed E-state index contributed by atoms with van der Waals surface area (Å²) >= 11 is 0. The largest absolute Gasteiger partial charge is 0.468 e. The number of benzene rings is 1. The van der Waals surface area contributed by atoms with E-state index in [9.17, 15) is 9.59 Å². The van der Waals surface area contributed by atoms with Crippen LogP contribution in [0.5, 0.6) is 0 Å². The minimum atomic E-state index is -0.318. The summed E-state index contributed by atoms with van der Waals surface area (Å²) in [5.41, 5.74) is 0.691. The van der Waals surface area contributed by atoms with Gasteiger partial charge >= 0.3 is 5.97 Å². The van der Waals surface area contributed by atoms with Gasteiger partial charge < -0.3 is 14.2 Å². The maximum absolute atomic E-state index is 11.6. The molecule has 158 valence electrons. The summed E-state index contributed by atoms with van der Waals surface area (Å²) in [7, 11) is 3.19. The van der Waals surface area contributed by atoms with Gasteiger partial charge in [0.15, 0.2) is 0 Å². The van der Waals surface area contributed by atoms with E-state index in [-0.39, 0.29) is 17.1 Å². The van der Waals surface area contributed by atoms with Crippen LogP contribution in [0.25, 0.3) is 0 Å². The highest BCUT2D eigenvalue weighted by Crippen LogP contribution is 2.39. The molecule has 0 spiro atoms. The molecule has 1 aromatic carbocycles. The third kappa shape index (κ3) is 7.60. The maximum Gasteiger partial charge on any atom is 0.326 e. The molecular formula is C22H35NO5. The first kappa shape index (κ1) is 24.1. The molecule has 0 aromatic heterocycles. The molecule has 0 bridgehead atoms. The molecule has 2 aliphatic heterocycles. The van der Waals surface area contributed by atoms with Gasteiger partial charge in [-0.25, -0.2) is 0 Å². The molecule has 2 fully saturated rings. The van der Waals surface area contributed by atoms with Gasteiger partial charge in [0.2, 0.25) is 0 Å². The Hall–Kier alpha value is -1.92. The van der Waals surface area contributed by atoms with E-state index in [1.807, 2.05) is 51.1 Å². The number of hydrogen-bond acceptors (Lipinski definition) is 6. The normalized spacial score (nSPS) is 17.3. The Kier molecular flexibility index (Phi) is 10.2. The topological polar surface area (TPSA) is 65.1 Å². The molecule has 0 N–H and O–H groups in total. The van der Waals surface area contributed by atoms with Crippen molar-refractivity contribution in [2.24, 2.45) is 0 Å². The van der Waals surface area contributed by atoms with E-state index in [2.05, 4.69) is 9.64 Å². The Morgan fingerprint density at radius 2 is 1.68 bits per heavy atom. The summed E-state index contributed by atoms with van der Waals surface area (Å²) in [4.78, 5) is 23.4. The van der Waals surface area contributed by atoms with Crippen LogP contribution in [0, 0.1) is 0 Å². The Labute approximate surface area is 169 Å². The molecule has 0 radical (unpaired) electrons. The molecule has 28 heavy (non-hydrogen) atoms. The quantitative estimate of drug-likeness (QED) is 0.575. The molecule has 1 aromatic rings. The van der Waals surface area contributed by atoms with E-state index in [0.29, 0.717) is 13.1 Å². The zero-order chi connectivity index (χ0) is 21.0. The van der Waals surface area contributed by atoms with Gasteiger partial charge in [0, 0.05) is 7.11 Å². The van der Waals surface area contributed by atoms with Gasteiger partial charge in [0.05, 0.1) is 13.7 Å². The van der Waals surface area contributed by atoms with E-state index in [1.54, 1.807) is 7.11 Å². The van der Waals surface area contributed by atoms with Crippen molar-refractivity contribution in [3.8, 4) is 0 Å². The highest BCUT2D eigenvalue weighted by atomic mass is 16.5. The van der Waals surface area contributed by atoms with Crippen LogP contribution in [0.3, 0.4) is 0 Å². The standard InChI is InChI=1S/C9H15NO2.C8H10O.C5H10O2/c1-12-8(11)9-4-2-6-10(9)7-3-5-9;1-9-7-8-5-3-2-4-6-8;1-5(2,3)7-4-6/h2-7H2,1H3;2-6H,7H2,1H3;4H,1-3H3. The van der Waals surface area contributed by atoms with Crippen LogP contribution in [-0.4, -0.2) is 55.8 Å². The summed E-state index contributed by atoms with van der Waals surface area (Å²) in [6.45, 7) is 8.79. The van der Waals surface area contributed by atoms with E-state index in [4.69, 9.17) is 9.47 Å². The molecule has 2 heterocycles. The molecule has 0 unspecified atom stereocenters. The smallest absolute Gasteiger partial charge is 0.326 e. The molecule has 3 rings (SSSR count). The van der Waals surface area contributed by atoms with Crippen LogP contribution in [0.15, 0.2) is 30.3 Å². The van der Waals surface area contributed by atoms with Crippen molar-refractivity contribution in [2.75, 3.05) is 27.3 Å². The van der Waals surface area contributed by atoms with Gasteiger partial charge in [-0.2, -0.15) is 0 Å². The first-order chi connectivity index (χ1) is 13.3. The summed E-state index contributed by atoms with van der Waals surface area (Å²) < 4.78 is 14.3. The average molecular weight is 394 g/mol. The highest BCUT2D eigenvalue weighted by Gasteiger charge is 2.50. The van der Waals surface area contributed by atoms with E-state index < -0.39 is 0 Å². The Balaban J connectivity index is 0.000000220. The van der Waals surface area contributed by atoms with Crippen molar-refractivity contribution >= 4 is 12.4 Å². The predicted molar refractivity (Wildman–Crippen MR) is 109 cm³/mol. The van der Waals surface area contributed by atoms with Crippen molar-refractivity contribution in [1.82, 2.24) is 4.90 Å². The number of rotatable bonds is 4. The maximum atomic E-state index is 11.6. The van der Waals surface area contributed by atoms with Gasteiger partial charge in [-0.15, -0.1) is 0 Å². The molecule has 2 aliphatic rings. The first-order valence-electron chi connectivity index (χ1n) is 9.77. The predicted octanol–water partition coefficient (Wildman–Crippen LogP) is 3.58. The third-order valence-electron chi connectivity index (χ3n) is 4.76. The minimum Gasteiger partial charge on any atom is -0.468 e. The van der Waals surface area contributed by atoms with Crippen LogP contribution < -0.4 is 0 Å². The molecule has 6 nitrogen and oxygen atoms in total. The number of nitrogens with zero attached hydrogens (tertiary/aromatic N) is 1. The summed E-state index contributed by atoms with van der Waals surface area (Å²) in [5, 5.41) is 0. The number of carbonyl (C=O) groups is 2. The van der Waals surface area contributed by atoms with Gasteiger partial charge in [0.25, 0.3) is 6.47 Å². The second kappa shape index (κ2) is 11.8. The first-order valence-corrected chi connectivity index (χ1v) is 9.77. The molecule has 2 saturated heterocycles. The Morgan fingerprint density at radius 3 is 2.07 bits per heavy atom. The van der Waals surface area contributed by atoms with Crippen molar-refractivity contribution in [3.05, 3.63) is 35.9 Å². The fourth-order valence-electron chi connectivity index (χ4n) is 3.51. The summed E-state index contributed by atoms with van der Waals surface area (Å²) in [5.74, 6) is -0.0162. The van der Waals surface area contributed by atoms with Crippen LogP contribution in [0.2, 0.25) is 0 Å². The highest BCUT2D eigenvalue weighted by molar-refractivity contribution is 5.81. The second-order valence-electron chi connectivity index (χ2n) is 7.96. The number of esters is 1. The lowest BCUT2D eigenvalue weighted by molar-refractivity contribution is -0.151. The van der Waals surface area contributed by atoms with Gasteiger partial charge in [-0.3, -0.25) is 14.5 Å². The SMILES string of the molecule is CC(C)(C)OC=O.COC(=O)C12CCCN1CCC2.COCc1ccccc1. The molecule has 0 amide bonds. The van der Waals surface area contributed by atoms with Crippen LogP contribution in [0.1, 0.15) is 52.0 Å². The molecule has 0 atom stereocenters. The fraction of sp³-hybridized carbons (Fsp3) is 0.636. The van der Waals surface area contributed by atoms with Crippen LogP contribution in [0.4, 0.5) is 0 Å².